The van der Waals surface area contributed by atoms with Crippen LogP contribution in [0.5, 0.6) is 5.75 Å². The number of benzene rings is 1. The highest BCUT2D eigenvalue weighted by molar-refractivity contribution is 7.13. The Morgan fingerprint density at radius 1 is 1.30 bits per heavy atom. The van der Waals surface area contributed by atoms with Crippen molar-refractivity contribution in [2.45, 2.75) is 82.2 Å². The number of nitrogens with zero attached hydrogens (tertiary/aromatic N) is 3. The summed E-state index contributed by atoms with van der Waals surface area (Å²) in [5.74, 6) is -1.51. The number of carboxylic acids is 1. The Balaban J connectivity index is 1.34. The van der Waals surface area contributed by atoms with Crippen molar-refractivity contribution in [1.29, 1.82) is 0 Å². The Kier molecular flexibility index (Phi) is 8.79. The number of aliphatic imine (C=N–C) groups is 1. The van der Waals surface area contributed by atoms with E-state index in [0.717, 1.165) is 54.8 Å². The minimum Gasteiger partial charge on any atom is -0.485 e. The molecule has 1 aromatic carbocycles. The van der Waals surface area contributed by atoms with Crippen LogP contribution in [0.2, 0.25) is 0 Å². The maximum Gasteiger partial charge on any atom is 0.354 e. The number of aromatic nitrogens is 1. The Morgan fingerprint density at radius 3 is 2.77 bits per heavy atom. The first-order valence-corrected chi connectivity index (χ1v) is 15.4. The summed E-state index contributed by atoms with van der Waals surface area (Å²) in [5, 5.41) is 24.6. The van der Waals surface area contributed by atoms with E-state index in [1.807, 2.05) is 6.07 Å². The zero-order valence-electron chi connectivity index (χ0n) is 24.9. The minimum absolute atomic E-state index is 0.0802. The normalized spacial score (nSPS) is 24.8. The van der Waals surface area contributed by atoms with E-state index in [9.17, 15) is 19.5 Å². The van der Waals surface area contributed by atoms with Gasteiger partial charge in [0, 0.05) is 17.5 Å². The molecule has 8 N–H and O–H groups in total. The maximum atomic E-state index is 13.3. The van der Waals surface area contributed by atoms with Crippen LogP contribution in [0, 0.1) is 0 Å². The first kappa shape index (κ1) is 31.2. The Bertz CT molecular complexity index is 1500. The number of carbonyl (C=O) groups excluding carboxylic acids is 2. The van der Waals surface area contributed by atoms with Crippen LogP contribution in [0.15, 0.2) is 33.7 Å². The van der Waals surface area contributed by atoms with Gasteiger partial charge in [-0.05, 0) is 76.8 Å². The van der Waals surface area contributed by atoms with Crippen LogP contribution < -0.4 is 32.2 Å². The van der Waals surface area contributed by atoms with Gasteiger partial charge in [0.1, 0.15) is 23.3 Å². The quantitative estimate of drug-likeness (QED) is 0.100. The summed E-state index contributed by atoms with van der Waals surface area (Å²) in [5.41, 5.74) is 10.9. The van der Waals surface area contributed by atoms with Gasteiger partial charge >= 0.3 is 5.97 Å². The molecule has 4 atom stereocenters. The van der Waals surface area contributed by atoms with Crippen LogP contribution in [-0.4, -0.2) is 81.8 Å². The van der Waals surface area contributed by atoms with Crippen molar-refractivity contribution in [2.24, 2.45) is 15.9 Å². The number of hydrogen-bond acceptors (Lipinski definition) is 11. The maximum absolute atomic E-state index is 13.3. The van der Waals surface area contributed by atoms with Crippen LogP contribution in [0.25, 0.3) is 0 Å². The van der Waals surface area contributed by atoms with Gasteiger partial charge in [-0.1, -0.05) is 11.6 Å². The highest BCUT2D eigenvalue weighted by Gasteiger charge is 2.50. The molecule has 4 heterocycles. The molecule has 2 saturated heterocycles. The SMILES string of the molecule is CC1(C)NC(=O)[C@H]1NC(=O)/C(=N\O[C@](C)(C(=O)O)[C@H]1CCc2cc(C(N)=N[C@H]3CCCCNC3)ccc2O1)c1csc(N)n1. The van der Waals surface area contributed by atoms with Gasteiger partial charge in [-0.25, -0.2) is 9.78 Å². The second-order valence-corrected chi connectivity index (χ2v) is 12.9. The van der Waals surface area contributed by atoms with Crippen molar-refractivity contribution < 1.29 is 29.1 Å². The predicted molar refractivity (Wildman–Crippen MR) is 165 cm³/mol. The van der Waals surface area contributed by atoms with E-state index in [1.54, 1.807) is 26.0 Å². The van der Waals surface area contributed by atoms with Crippen molar-refractivity contribution in [2.75, 3.05) is 18.8 Å². The molecule has 3 aliphatic rings. The van der Waals surface area contributed by atoms with Crippen molar-refractivity contribution in [3.8, 4) is 5.75 Å². The van der Waals surface area contributed by atoms with Crippen molar-refractivity contribution in [3.63, 3.8) is 0 Å². The molecule has 0 unspecified atom stereocenters. The average molecular weight is 627 g/mol. The van der Waals surface area contributed by atoms with Gasteiger partial charge in [-0.3, -0.25) is 14.6 Å². The number of nitrogen functional groups attached to an aromatic ring is 1. The van der Waals surface area contributed by atoms with Gasteiger partial charge in [0.25, 0.3) is 11.5 Å². The second kappa shape index (κ2) is 12.4. The first-order valence-electron chi connectivity index (χ1n) is 14.5. The molecule has 0 radical (unpaired) electrons. The van der Waals surface area contributed by atoms with E-state index in [1.165, 1.54) is 12.3 Å². The molecule has 5 rings (SSSR count). The van der Waals surface area contributed by atoms with Crippen molar-refractivity contribution in [3.05, 3.63) is 40.4 Å². The predicted octanol–water partition coefficient (Wildman–Crippen LogP) is 0.924. The van der Waals surface area contributed by atoms with Gasteiger partial charge in [-0.15, -0.1) is 11.3 Å². The van der Waals surface area contributed by atoms with Crippen LogP contribution in [0.3, 0.4) is 0 Å². The second-order valence-electron chi connectivity index (χ2n) is 12.0. The van der Waals surface area contributed by atoms with Gasteiger partial charge in [-0.2, -0.15) is 0 Å². The number of rotatable bonds is 9. The summed E-state index contributed by atoms with van der Waals surface area (Å²) in [4.78, 5) is 52.4. The highest BCUT2D eigenvalue weighted by atomic mass is 32.1. The number of amidine groups is 1. The third kappa shape index (κ3) is 6.48. The number of carbonyl (C=O) groups is 3. The molecule has 14 nitrogen and oxygen atoms in total. The number of nitrogens with one attached hydrogen (secondary N) is 3. The van der Waals surface area contributed by atoms with Crippen molar-refractivity contribution >= 4 is 45.8 Å². The number of β-lactam (4-membered cyclic amide) rings is 1. The molecule has 2 amide bonds. The fourth-order valence-corrected chi connectivity index (χ4v) is 6.00. The van der Waals surface area contributed by atoms with Gasteiger partial charge < -0.3 is 42.1 Å². The van der Waals surface area contributed by atoms with E-state index >= 15 is 0 Å². The van der Waals surface area contributed by atoms with E-state index < -0.39 is 35.2 Å². The molecular weight excluding hydrogens is 588 g/mol. The number of hydrogen-bond donors (Lipinski definition) is 6. The Labute approximate surface area is 258 Å². The number of ether oxygens (including phenoxy) is 1. The largest absolute Gasteiger partial charge is 0.485 e. The van der Waals surface area contributed by atoms with E-state index in [-0.39, 0.29) is 28.5 Å². The van der Waals surface area contributed by atoms with Crippen LogP contribution in [0.1, 0.15) is 63.3 Å². The topological polar surface area (TPSA) is 216 Å². The smallest absolute Gasteiger partial charge is 0.354 e. The molecule has 0 bridgehead atoms. The fraction of sp³-hybridized carbons (Fsp3) is 0.517. The molecule has 236 valence electrons. The molecular formula is C29H38N8O6S. The molecule has 0 saturated carbocycles. The molecule has 1 aromatic heterocycles. The zero-order chi connectivity index (χ0) is 31.6. The number of amides is 2. The van der Waals surface area contributed by atoms with Crippen LogP contribution >= 0.6 is 11.3 Å². The third-order valence-electron chi connectivity index (χ3n) is 8.19. The summed E-state index contributed by atoms with van der Waals surface area (Å²) in [6.45, 7) is 6.63. The molecule has 3 aliphatic heterocycles. The number of oxime groups is 1. The monoisotopic (exact) mass is 626 g/mol. The zero-order valence-corrected chi connectivity index (χ0v) is 25.7. The first-order chi connectivity index (χ1) is 20.9. The molecule has 44 heavy (non-hydrogen) atoms. The van der Waals surface area contributed by atoms with Crippen LogP contribution in [0.4, 0.5) is 5.13 Å². The number of carboxylic acid groups (broad SMARTS) is 1. The van der Waals surface area contributed by atoms with Gasteiger partial charge in [0.05, 0.1) is 11.6 Å². The van der Waals surface area contributed by atoms with E-state index in [2.05, 4.69) is 26.1 Å². The summed E-state index contributed by atoms with van der Waals surface area (Å²) in [6, 6.07) is 4.76. The number of aliphatic carboxylic acids is 1. The fourth-order valence-electron chi connectivity index (χ4n) is 5.45. The average Bonchev–Trinajstić information content (AvgIpc) is 3.24. The number of anilines is 1. The lowest BCUT2D eigenvalue weighted by molar-refractivity contribution is -0.178. The van der Waals surface area contributed by atoms with Crippen molar-refractivity contribution in [1.82, 2.24) is 20.9 Å². The molecule has 0 spiro atoms. The number of nitrogens with two attached hydrogens (primary N) is 2. The lowest BCUT2D eigenvalue weighted by atomic mass is 9.85. The Morgan fingerprint density at radius 2 is 2.09 bits per heavy atom. The van der Waals surface area contributed by atoms with E-state index in [0.29, 0.717) is 24.4 Å². The lowest BCUT2D eigenvalue weighted by Gasteiger charge is -2.44. The standard InChI is InChI=1S/C29H38N8O6S/c1-28(2)22(25(39)36-28)35-24(38)21(18-14-44-27(31)34-18)37-43-29(3,26(40)41)20-10-8-15-12-16(7-9-19(15)42-20)23(30)33-17-6-4-5-11-32-13-17/h7,9,12,14,17,20,22,32H,4-6,8,10-11,13H2,1-3H3,(H2,30,33)(H2,31,34)(H,35,38)(H,36,39)(H,40,41)/b37-21-/t17-,20+,22+,29-/m0/s1. The summed E-state index contributed by atoms with van der Waals surface area (Å²) >= 11 is 1.07. The van der Waals surface area contributed by atoms with Gasteiger partial charge in [0.15, 0.2) is 16.9 Å². The van der Waals surface area contributed by atoms with Crippen LogP contribution in [-0.2, 0) is 25.6 Å². The minimum atomic E-state index is -1.98. The number of aryl methyl sites for hydroxylation is 1. The molecule has 15 heteroatoms. The Hall–Kier alpha value is -4.24. The number of thiazole rings is 1. The third-order valence-corrected chi connectivity index (χ3v) is 8.87. The molecule has 2 fully saturated rings. The molecule has 2 aromatic rings. The summed E-state index contributed by atoms with van der Waals surface area (Å²) < 4.78 is 6.14. The summed E-state index contributed by atoms with van der Waals surface area (Å²) in [6.07, 6.45) is 3.03. The molecule has 0 aliphatic carbocycles. The van der Waals surface area contributed by atoms with Gasteiger partial charge in [0.2, 0.25) is 5.91 Å². The van der Waals surface area contributed by atoms with E-state index in [4.69, 9.17) is 26.0 Å². The lowest BCUT2D eigenvalue weighted by Crippen LogP contribution is -2.75. The number of fused-ring (bicyclic) bond motifs is 1. The summed E-state index contributed by atoms with van der Waals surface area (Å²) in [7, 11) is 0. The highest BCUT2D eigenvalue weighted by Crippen LogP contribution is 2.34.